The maximum atomic E-state index is 12.8. The van der Waals surface area contributed by atoms with E-state index < -0.39 is 0 Å². The van der Waals surface area contributed by atoms with Gasteiger partial charge in [0, 0.05) is 6.04 Å². The second kappa shape index (κ2) is 6.66. The van der Waals surface area contributed by atoms with Crippen molar-refractivity contribution >= 4 is 5.97 Å². The fourth-order valence-corrected chi connectivity index (χ4v) is 2.10. The third-order valence-electron chi connectivity index (χ3n) is 3.00. The van der Waals surface area contributed by atoms with E-state index in [0.29, 0.717) is 19.4 Å². The van der Waals surface area contributed by atoms with E-state index in [1.165, 1.54) is 12.1 Å². The maximum Gasteiger partial charge on any atom is 0.306 e. The van der Waals surface area contributed by atoms with Crippen LogP contribution in [-0.4, -0.2) is 12.6 Å². The molecule has 1 rings (SSSR count). The standard InChI is InChI=1S/C15H22FNO2/c1-4-19-14(18)10-15(2,3)9-13(17)11-5-7-12(16)8-6-11/h5-8,13H,4,9-10,17H2,1-3H3. The van der Waals surface area contributed by atoms with Crippen molar-refractivity contribution in [1.82, 2.24) is 0 Å². The summed E-state index contributed by atoms with van der Waals surface area (Å²) in [6, 6.07) is 5.94. The number of hydrogen-bond donors (Lipinski definition) is 1. The monoisotopic (exact) mass is 267 g/mol. The van der Waals surface area contributed by atoms with Gasteiger partial charge in [0.15, 0.2) is 0 Å². The minimum absolute atomic E-state index is 0.209. The molecule has 0 aliphatic carbocycles. The first-order chi connectivity index (χ1) is 8.84. The predicted octanol–water partition coefficient (Wildman–Crippen LogP) is 3.20. The third kappa shape index (κ3) is 5.39. The van der Waals surface area contributed by atoms with Gasteiger partial charge in [-0.15, -0.1) is 0 Å². The minimum Gasteiger partial charge on any atom is -0.466 e. The zero-order valence-corrected chi connectivity index (χ0v) is 11.8. The Hall–Kier alpha value is -1.42. The van der Waals surface area contributed by atoms with E-state index in [2.05, 4.69) is 0 Å². The highest BCUT2D eigenvalue weighted by molar-refractivity contribution is 5.70. The number of carbonyl (C=O) groups excluding carboxylic acids is 1. The fourth-order valence-electron chi connectivity index (χ4n) is 2.10. The lowest BCUT2D eigenvalue weighted by atomic mass is 9.81. The molecule has 3 nitrogen and oxygen atoms in total. The first-order valence-electron chi connectivity index (χ1n) is 6.51. The van der Waals surface area contributed by atoms with Crippen molar-refractivity contribution < 1.29 is 13.9 Å². The van der Waals surface area contributed by atoms with Gasteiger partial charge in [0.05, 0.1) is 13.0 Å². The van der Waals surface area contributed by atoms with E-state index in [4.69, 9.17) is 10.5 Å². The van der Waals surface area contributed by atoms with Crippen LogP contribution >= 0.6 is 0 Å². The molecule has 0 amide bonds. The van der Waals surface area contributed by atoms with Crippen molar-refractivity contribution in [1.29, 1.82) is 0 Å². The molecule has 1 unspecified atom stereocenters. The molecule has 0 bridgehead atoms. The van der Waals surface area contributed by atoms with Crippen molar-refractivity contribution in [2.45, 2.75) is 39.7 Å². The van der Waals surface area contributed by atoms with Crippen LogP contribution in [0.2, 0.25) is 0 Å². The topological polar surface area (TPSA) is 52.3 Å². The van der Waals surface area contributed by atoms with Gasteiger partial charge in [-0.05, 0) is 36.5 Å². The molecule has 0 fully saturated rings. The van der Waals surface area contributed by atoms with Crippen LogP contribution in [0.1, 0.15) is 45.2 Å². The summed E-state index contributed by atoms with van der Waals surface area (Å²) in [4.78, 5) is 11.5. The Bertz CT molecular complexity index is 415. The quantitative estimate of drug-likeness (QED) is 0.805. The van der Waals surface area contributed by atoms with Crippen LogP contribution in [0, 0.1) is 11.2 Å². The molecular weight excluding hydrogens is 245 g/mol. The molecular formula is C15H22FNO2. The Morgan fingerprint density at radius 1 is 1.37 bits per heavy atom. The molecule has 4 heteroatoms. The Kier molecular flexibility index (Phi) is 5.48. The van der Waals surface area contributed by atoms with Gasteiger partial charge >= 0.3 is 5.97 Å². The van der Waals surface area contributed by atoms with Gasteiger partial charge in [-0.2, -0.15) is 0 Å². The second-order valence-electron chi connectivity index (χ2n) is 5.51. The van der Waals surface area contributed by atoms with Crippen LogP contribution in [0.15, 0.2) is 24.3 Å². The maximum absolute atomic E-state index is 12.8. The molecule has 2 N–H and O–H groups in total. The van der Waals surface area contributed by atoms with Crippen molar-refractivity contribution in [2.75, 3.05) is 6.61 Å². The van der Waals surface area contributed by atoms with Crippen LogP contribution < -0.4 is 5.73 Å². The second-order valence-corrected chi connectivity index (χ2v) is 5.51. The molecule has 0 aromatic heterocycles. The van der Waals surface area contributed by atoms with Crippen molar-refractivity contribution in [3.8, 4) is 0 Å². The number of hydrogen-bond acceptors (Lipinski definition) is 3. The summed E-state index contributed by atoms with van der Waals surface area (Å²) in [6.45, 7) is 6.13. The zero-order chi connectivity index (χ0) is 14.5. The average molecular weight is 267 g/mol. The SMILES string of the molecule is CCOC(=O)CC(C)(C)CC(N)c1ccc(F)cc1. The van der Waals surface area contributed by atoms with Gasteiger partial charge < -0.3 is 10.5 Å². The first-order valence-corrected chi connectivity index (χ1v) is 6.51. The smallest absolute Gasteiger partial charge is 0.306 e. The highest BCUT2D eigenvalue weighted by atomic mass is 19.1. The molecule has 0 heterocycles. The molecule has 0 spiro atoms. The Morgan fingerprint density at radius 3 is 2.47 bits per heavy atom. The summed E-state index contributed by atoms with van der Waals surface area (Å²) < 4.78 is 17.8. The van der Waals surface area contributed by atoms with Crippen molar-refractivity contribution in [3.05, 3.63) is 35.6 Å². The molecule has 0 radical (unpaired) electrons. The van der Waals surface area contributed by atoms with Crippen molar-refractivity contribution in [2.24, 2.45) is 11.1 Å². The highest BCUT2D eigenvalue weighted by Crippen LogP contribution is 2.32. The van der Waals surface area contributed by atoms with E-state index in [9.17, 15) is 9.18 Å². The van der Waals surface area contributed by atoms with Crippen LogP contribution in [0.3, 0.4) is 0 Å². The summed E-state index contributed by atoms with van der Waals surface area (Å²) >= 11 is 0. The fraction of sp³-hybridized carbons (Fsp3) is 0.533. The van der Waals surface area contributed by atoms with Gasteiger partial charge in [0.2, 0.25) is 0 Å². The predicted molar refractivity (Wildman–Crippen MR) is 73.0 cm³/mol. The molecule has 0 saturated heterocycles. The number of carbonyl (C=O) groups is 1. The average Bonchev–Trinajstić information content (AvgIpc) is 2.28. The van der Waals surface area contributed by atoms with E-state index in [1.807, 2.05) is 13.8 Å². The molecule has 1 aromatic carbocycles. The molecule has 106 valence electrons. The van der Waals surface area contributed by atoms with Crippen LogP contribution in [0.5, 0.6) is 0 Å². The molecule has 1 atom stereocenters. The summed E-state index contributed by atoms with van der Waals surface area (Å²) in [5.74, 6) is -0.486. The van der Waals surface area contributed by atoms with E-state index in [1.54, 1.807) is 19.1 Å². The van der Waals surface area contributed by atoms with Gasteiger partial charge in [-0.1, -0.05) is 26.0 Å². The Morgan fingerprint density at radius 2 is 1.95 bits per heavy atom. The number of halogens is 1. The molecule has 0 aliphatic rings. The van der Waals surface area contributed by atoms with Gasteiger partial charge in [-0.3, -0.25) is 4.79 Å². The molecule has 19 heavy (non-hydrogen) atoms. The summed E-state index contributed by atoms with van der Waals surface area (Å²) in [5.41, 5.74) is 6.73. The van der Waals surface area contributed by atoms with Crippen LogP contribution in [-0.2, 0) is 9.53 Å². The Balaban J connectivity index is 2.61. The lowest BCUT2D eigenvalue weighted by Gasteiger charge is -2.27. The van der Waals surface area contributed by atoms with E-state index in [0.717, 1.165) is 5.56 Å². The van der Waals surface area contributed by atoms with E-state index in [-0.39, 0.29) is 23.2 Å². The third-order valence-corrected chi connectivity index (χ3v) is 3.00. The molecule has 0 aliphatic heterocycles. The highest BCUT2D eigenvalue weighted by Gasteiger charge is 2.26. The van der Waals surface area contributed by atoms with Crippen LogP contribution in [0.4, 0.5) is 4.39 Å². The van der Waals surface area contributed by atoms with Gasteiger partial charge in [0.25, 0.3) is 0 Å². The minimum atomic E-state index is -0.276. The van der Waals surface area contributed by atoms with E-state index >= 15 is 0 Å². The first kappa shape index (κ1) is 15.6. The number of ether oxygens (including phenoxy) is 1. The van der Waals surface area contributed by atoms with Gasteiger partial charge in [0.1, 0.15) is 5.82 Å². The molecule has 0 saturated carbocycles. The largest absolute Gasteiger partial charge is 0.466 e. The Labute approximate surface area is 113 Å². The molecule has 1 aromatic rings. The lowest BCUT2D eigenvalue weighted by Crippen LogP contribution is -2.25. The summed E-state index contributed by atoms with van der Waals surface area (Å²) in [5, 5.41) is 0. The summed E-state index contributed by atoms with van der Waals surface area (Å²) in [6.07, 6.45) is 0.965. The number of esters is 1. The number of benzene rings is 1. The van der Waals surface area contributed by atoms with Gasteiger partial charge in [-0.25, -0.2) is 4.39 Å². The van der Waals surface area contributed by atoms with Crippen molar-refractivity contribution in [3.63, 3.8) is 0 Å². The summed E-state index contributed by atoms with van der Waals surface area (Å²) in [7, 11) is 0. The number of nitrogens with two attached hydrogens (primary N) is 1. The zero-order valence-electron chi connectivity index (χ0n) is 11.8. The number of rotatable bonds is 6. The lowest BCUT2D eigenvalue weighted by molar-refractivity contribution is -0.145. The normalized spacial score (nSPS) is 13.1. The van der Waals surface area contributed by atoms with Crippen LogP contribution in [0.25, 0.3) is 0 Å².